The number of piperidine rings is 1. The van der Waals surface area contributed by atoms with Gasteiger partial charge in [0.05, 0.1) is 0 Å². The summed E-state index contributed by atoms with van der Waals surface area (Å²) in [7, 11) is 4.09. The van der Waals surface area contributed by atoms with E-state index in [2.05, 4.69) is 34.1 Å². The summed E-state index contributed by atoms with van der Waals surface area (Å²) in [5, 5.41) is 9.02. The van der Waals surface area contributed by atoms with E-state index in [-0.39, 0.29) is 18.2 Å². The molecule has 2 aliphatic heterocycles. The van der Waals surface area contributed by atoms with Crippen LogP contribution in [0.4, 0.5) is 0 Å². The Morgan fingerprint density at radius 2 is 1.81 bits per heavy atom. The van der Waals surface area contributed by atoms with Crippen LogP contribution in [0.15, 0.2) is 24.3 Å². The predicted molar refractivity (Wildman–Crippen MR) is 104 cm³/mol. The van der Waals surface area contributed by atoms with Gasteiger partial charge in [-0.05, 0) is 44.0 Å². The normalized spacial score (nSPS) is 22.9. The number of hydrogen-bond donors (Lipinski definition) is 1. The molecule has 1 saturated heterocycles. The molecule has 0 aromatic heterocycles. The molecular formula is C21H31N3O3. The highest BCUT2D eigenvalue weighted by atomic mass is 16.4. The summed E-state index contributed by atoms with van der Waals surface area (Å²) in [6.45, 7) is 4.07. The Kier molecular flexibility index (Phi) is 6.50. The van der Waals surface area contributed by atoms with E-state index in [1.807, 2.05) is 19.0 Å². The molecule has 0 spiro atoms. The van der Waals surface area contributed by atoms with Crippen LogP contribution < -0.4 is 0 Å². The summed E-state index contributed by atoms with van der Waals surface area (Å²) in [5.74, 6) is -0.335. The minimum atomic E-state index is -0.760. The zero-order valence-electron chi connectivity index (χ0n) is 16.4. The summed E-state index contributed by atoms with van der Waals surface area (Å²) >= 11 is 0. The molecule has 2 aliphatic rings. The lowest BCUT2D eigenvalue weighted by Gasteiger charge is -2.41. The summed E-state index contributed by atoms with van der Waals surface area (Å²) in [6.07, 6.45) is 2.25. The molecule has 0 unspecified atom stereocenters. The fraction of sp³-hybridized carbons (Fsp3) is 0.619. The Labute approximate surface area is 161 Å². The third kappa shape index (κ3) is 5.08. The summed E-state index contributed by atoms with van der Waals surface area (Å²) in [5.41, 5.74) is 2.73. The van der Waals surface area contributed by atoms with E-state index >= 15 is 0 Å². The summed E-state index contributed by atoms with van der Waals surface area (Å²) in [6, 6.07) is 8.81. The van der Waals surface area contributed by atoms with Crippen molar-refractivity contribution in [3.63, 3.8) is 0 Å². The minimum Gasteiger partial charge on any atom is -0.481 e. The van der Waals surface area contributed by atoms with Gasteiger partial charge in [-0.25, -0.2) is 0 Å². The first-order chi connectivity index (χ1) is 12.9. The third-order valence-electron chi connectivity index (χ3n) is 5.99. The third-order valence-corrected chi connectivity index (χ3v) is 5.99. The molecule has 2 atom stereocenters. The van der Waals surface area contributed by atoms with Gasteiger partial charge in [-0.2, -0.15) is 0 Å². The van der Waals surface area contributed by atoms with Gasteiger partial charge in [0.15, 0.2) is 0 Å². The zero-order valence-corrected chi connectivity index (χ0v) is 16.4. The highest BCUT2D eigenvalue weighted by Gasteiger charge is 2.33. The molecule has 0 aliphatic carbocycles. The van der Waals surface area contributed by atoms with Crippen molar-refractivity contribution in [2.24, 2.45) is 5.92 Å². The van der Waals surface area contributed by atoms with E-state index in [9.17, 15) is 9.59 Å². The maximum atomic E-state index is 12.8. The minimum absolute atomic E-state index is 0.170. The van der Waals surface area contributed by atoms with Crippen LogP contribution in [0.2, 0.25) is 0 Å². The standard InChI is InChI=1S/C21H31N3O3/c1-22(2)19-9-12-24(15-18(19)7-8-21(26)27)20(25)10-11-23-13-16-5-3-4-6-17(16)14-23/h3-6,18-19H,7-15H2,1-2H3,(H,26,27)/t18-,19+/m1/s1. The van der Waals surface area contributed by atoms with Crippen LogP contribution in [0, 0.1) is 5.92 Å². The second kappa shape index (κ2) is 8.85. The van der Waals surface area contributed by atoms with Crippen molar-refractivity contribution in [3.8, 4) is 0 Å². The molecule has 27 heavy (non-hydrogen) atoms. The van der Waals surface area contributed by atoms with E-state index in [0.717, 1.165) is 32.6 Å². The number of benzene rings is 1. The molecule has 3 rings (SSSR count). The van der Waals surface area contributed by atoms with E-state index < -0.39 is 5.97 Å². The summed E-state index contributed by atoms with van der Waals surface area (Å²) < 4.78 is 0. The highest BCUT2D eigenvalue weighted by Crippen LogP contribution is 2.26. The van der Waals surface area contributed by atoms with Crippen molar-refractivity contribution in [2.75, 3.05) is 33.7 Å². The van der Waals surface area contributed by atoms with Gasteiger partial charge in [-0.15, -0.1) is 0 Å². The number of carboxylic acid groups (broad SMARTS) is 1. The maximum Gasteiger partial charge on any atom is 0.303 e. The number of amides is 1. The molecule has 6 heteroatoms. The lowest BCUT2D eigenvalue weighted by atomic mass is 9.87. The number of carboxylic acids is 1. The van der Waals surface area contributed by atoms with Crippen molar-refractivity contribution in [1.82, 2.24) is 14.7 Å². The number of carbonyl (C=O) groups excluding carboxylic acids is 1. The van der Waals surface area contributed by atoms with Gasteiger partial charge in [-0.1, -0.05) is 24.3 Å². The molecular weight excluding hydrogens is 342 g/mol. The molecule has 2 heterocycles. The van der Waals surface area contributed by atoms with Crippen LogP contribution in [-0.4, -0.2) is 71.5 Å². The maximum absolute atomic E-state index is 12.8. The molecule has 1 amide bonds. The number of aliphatic carboxylic acids is 1. The first-order valence-electron chi connectivity index (χ1n) is 9.89. The first-order valence-corrected chi connectivity index (χ1v) is 9.89. The lowest BCUT2D eigenvalue weighted by Crippen LogP contribution is -2.51. The van der Waals surface area contributed by atoms with E-state index in [1.54, 1.807) is 0 Å². The van der Waals surface area contributed by atoms with E-state index in [0.29, 0.717) is 25.4 Å². The average Bonchev–Trinajstić information content (AvgIpc) is 3.07. The molecule has 1 N–H and O–H groups in total. The molecule has 1 aromatic carbocycles. The Balaban J connectivity index is 1.50. The number of nitrogens with zero attached hydrogens (tertiary/aromatic N) is 3. The SMILES string of the molecule is CN(C)[C@H]1CCN(C(=O)CCN2Cc3ccccc3C2)C[C@H]1CCC(=O)O. The van der Waals surface area contributed by atoms with Crippen molar-refractivity contribution < 1.29 is 14.7 Å². The van der Waals surface area contributed by atoms with Crippen LogP contribution in [0.5, 0.6) is 0 Å². The number of fused-ring (bicyclic) bond motifs is 1. The first kappa shape index (κ1) is 19.8. The quantitative estimate of drug-likeness (QED) is 0.792. The monoisotopic (exact) mass is 373 g/mol. The van der Waals surface area contributed by atoms with Gasteiger partial charge in [0.25, 0.3) is 0 Å². The summed E-state index contributed by atoms with van der Waals surface area (Å²) in [4.78, 5) is 30.2. The van der Waals surface area contributed by atoms with Gasteiger partial charge in [0.2, 0.25) is 5.91 Å². The zero-order chi connectivity index (χ0) is 19.4. The van der Waals surface area contributed by atoms with Crippen LogP contribution in [0.3, 0.4) is 0 Å². The van der Waals surface area contributed by atoms with Gasteiger partial charge >= 0.3 is 5.97 Å². The van der Waals surface area contributed by atoms with Gasteiger partial charge < -0.3 is 14.9 Å². The van der Waals surface area contributed by atoms with Crippen molar-refractivity contribution in [2.45, 2.75) is 44.8 Å². The fourth-order valence-electron chi connectivity index (χ4n) is 4.49. The Hall–Kier alpha value is -1.92. The Bertz CT molecular complexity index is 651. The molecule has 6 nitrogen and oxygen atoms in total. The van der Waals surface area contributed by atoms with Gasteiger partial charge in [0, 0.05) is 51.6 Å². The van der Waals surface area contributed by atoms with Crippen molar-refractivity contribution in [1.29, 1.82) is 0 Å². The van der Waals surface area contributed by atoms with Crippen LogP contribution >= 0.6 is 0 Å². The van der Waals surface area contributed by atoms with Crippen molar-refractivity contribution >= 4 is 11.9 Å². The molecule has 0 radical (unpaired) electrons. The Morgan fingerprint density at radius 1 is 1.15 bits per heavy atom. The average molecular weight is 373 g/mol. The van der Waals surface area contributed by atoms with Crippen molar-refractivity contribution in [3.05, 3.63) is 35.4 Å². The molecule has 0 saturated carbocycles. The molecule has 148 valence electrons. The Morgan fingerprint density at radius 3 is 2.41 bits per heavy atom. The topological polar surface area (TPSA) is 64.1 Å². The van der Waals surface area contributed by atoms with Gasteiger partial charge in [0.1, 0.15) is 0 Å². The molecule has 1 aromatic rings. The largest absolute Gasteiger partial charge is 0.481 e. The van der Waals surface area contributed by atoms with E-state index in [1.165, 1.54) is 11.1 Å². The molecule has 1 fully saturated rings. The lowest BCUT2D eigenvalue weighted by molar-refractivity contribution is -0.137. The number of rotatable bonds is 7. The van der Waals surface area contributed by atoms with Crippen LogP contribution in [-0.2, 0) is 22.7 Å². The number of likely N-dealkylation sites (tertiary alicyclic amines) is 1. The van der Waals surface area contributed by atoms with Crippen LogP contribution in [0.1, 0.15) is 36.8 Å². The highest BCUT2D eigenvalue weighted by molar-refractivity contribution is 5.76. The van der Waals surface area contributed by atoms with Gasteiger partial charge in [-0.3, -0.25) is 14.5 Å². The predicted octanol–water partition coefficient (Wildman–Crippen LogP) is 2.04. The second-order valence-electron chi connectivity index (χ2n) is 8.08. The van der Waals surface area contributed by atoms with Crippen LogP contribution in [0.25, 0.3) is 0 Å². The number of hydrogen-bond acceptors (Lipinski definition) is 4. The molecule has 0 bridgehead atoms. The fourth-order valence-corrected chi connectivity index (χ4v) is 4.49. The smallest absolute Gasteiger partial charge is 0.303 e. The van der Waals surface area contributed by atoms with E-state index in [4.69, 9.17) is 5.11 Å². The second-order valence-corrected chi connectivity index (χ2v) is 8.08. The number of carbonyl (C=O) groups is 2.